The van der Waals surface area contributed by atoms with Crippen LogP contribution in [0.15, 0.2) is 10.6 Å². The maximum Gasteiger partial charge on any atom is 0.353 e. The van der Waals surface area contributed by atoms with Crippen molar-refractivity contribution >= 4 is 29.5 Å². The first-order valence-corrected chi connectivity index (χ1v) is 13.3. The maximum atomic E-state index is 12.9. The molecule has 0 aromatic carbocycles. The van der Waals surface area contributed by atoms with Gasteiger partial charge in [0.1, 0.15) is 11.9 Å². The fourth-order valence-electron chi connectivity index (χ4n) is 5.83. The van der Waals surface area contributed by atoms with Crippen LogP contribution in [0.2, 0.25) is 0 Å². The highest BCUT2D eigenvalue weighted by Crippen LogP contribution is 2.52. The standard InChI is InChI=1S/C24H38N4O6S/c1-12(8-17(30)27-6-7-34-18(11-27)26(4)5)16-9-15(10-25-16)35-22-13(2)20-19(14(3)29)23(31)28(20)21(22)24(32)33/h12-16,18-20,25,29H,6-11H2,1-5H3,(H,32,33)/t12?,13-,14-,15+,16+,18?,19-,20-/m1/s1. The summed E-state index contributed by atoms with van der Waals surface area (Å²) in [6.45, 7) is 8.06. The van der Waals surface area contributed by atoms with Gasteiger partial charge in [0.15, 0.2) is 0 Å². The quantitative estimate of drug-likeness (QED) is 0.398. The Morgan fingerprint density at radius 3 is 2.66 bits per heavy atom. The molecular formula is C24H38N4O6S. The highest BCUT2D eigenvalue weighted by Gasteiger charge is 2.60. The molecule has 2 unspecified atom stereocenters. The fourth-order valence-corrected chi connectivity index (χ4v) is 7.32. The van der Waals surface area contributed by atoms with E-state index < -0.39 is 18.0 Å². The largest absolute Gasteiger partial charge is 0.477 e. The minimum Gasteiger partial charge on any atom is -0.477 e. The number of nitrogens with zero attached hydrogens (tertiary/aromatic N) is 3. The number of rotatable bonds is 8. The molecule has 0 radical (unpaired) electrons. The van der Waals surface area contributed by atoms with Gasteiger partial charge in [-0.15, -0.1) is 11.8 Å². The number of carboxylic acids is 1. The normalized spacial score (nSPS) is 34.8. The molecule has 0 spiro atoms. The van der Waals surface area contributed by atoms with Crippen LogP contribution in [0.4, 0.5) is 0 Å². The summed E-state index contributed by atoms with van der Waals surface area (Å²) >= 11 is 1.54. The van der Waals surface area contributed by atoms with E-state index in [1.165, 1.54) is 16.7 Å². The number of aliphatic hydroxyl groups is 1. The Hall–Kier alpha value is -1.66. The molecule has 4 aliphatic rings. The minimum absolute atomic E-state index is 0.0730. The molecule has 0 aliphatic carbocycles. The highest BCUT2D eigenvalue weighted by atomic mass is 32.2. The zero-order chi connectivity index (χ0) is 25.6. The van der Waals surface area contributed by atoms with Crippen molar-refractivity contribution in [2.75, 3.05) is 40.3 Å². The number of carbonyl (C=O) groups is 3. The van der Waals surface area contributed by atoms with E-state index in [1.807, 2.05) is 30.8 Å². The number of ether oxygens (including phenoxy) is 1. The molecular weight excluding hydrogens is 472 g/mol. The first kappa shape index (κ1) is 26.4. The SMILES string of the molecule is CC(CC(=O)N1CCOC(N(C)C)C1)[C@@H]1C[C@H](SC2=C(C(=O)O)N3C(=O)[C@H]([C@@H](C)O)[C@H]3[C@H]2C)CN1. The van der Waals surface area contributed by atoms with E-state index >= 15 is 0 Å². The summed E-state index contributed by atoms with van der Waals surface area (Å²) in [6.07, 6.45) is 0.393. The van der Waals surface area contributed by atoms with Crippen LogP contribution >= 0.6 is 11.8 Å². The molecule has 4 rings (SSSR count). The molecule has 0 bridgehead atoms. The second-order valence-corrected chi connectivity index (χ2v) is 11.9. The Kier molecular flexibility index (Phi) is 7.82. The highest BCUT2D eigenvalue weighted by molar-refractivity contribution is 8.03. The minimum atomic E-state index is -1.10. The van der Waals surface area contributed by atoms with Crippen LogP contribution in [-0.4, -0.2) is 113 Å². The number of hydrogen-bond donors (Lipinski definition) is 3. The van der Waals surface area contributed by atoms with Crippen LogP contribution < -0.4 is 5.32 Å². The number of morpholine rings is 1. The number of hydrogen-bond acceptors (Lipinski definition) is 8. The third-order valence-corrected chi connectivity index (χ3v) is 9.40. The Morgan fingerprint density at radius 2 is 2.03 bits per heavy atom. The van der Waals surface area contributed by atoms with Crippen molar-refractivity contribution < 1.29 is 29.3 Å². The first-order valence-electron chi connectivity index (χ1n) is 12.5. The van der Waals surface area contributed by atoms with Gasteiger partial charge in [-0.3, -0.25) is 14.5 Å². The van der Waals surface area contributed by atoms with Crippen LogP contribution in [0.3, 0.4) is 0 Å². The molecule has 0 saturated carbocycles. The van der Waals surface area contributed by atoms with Crippen LogP contribution in [0.25, 0.3) is 0 Å². The maximum absolute atomic E-state index is 12.9. The molecule has 8 atom stereocenters. The molecule has 35 heavy (non-hydrogen) atoms. The number of carboxylic acid groups (broad SMARTS) is 1. The number of likely N-dealkylation sites (N-methyl/N-ethyl adjacent to an activating group) is 1. The average Bonchev–Trinajstić information content (AvgIpc) is 3.35. The van der Waals surface area contributed by atoms with Gasteiger partial charge in [-0.05, 0) is 33.4 Å². The van der Waals surface area contributed by atoms with E-state index in [0.717, 1.165) is 17.9 Å². The number of carbonyl (C=O) groups excluding carboxylic acids is 2. The van der Waals surface area contributed by atoms with Gasteiger partial charge in [0.25, 0.3) is 0 Å². The van der Waals surface area contributed by atoms with Crippen molar-refractivity contribution in [1.29, 1.82) is 0 Å². The van der Waals surface area contributed by atoms with Crippen LogP contribution in [0.1, 0.15) is 33.6 Å². The van der Waals surface area contributed by atoms with E-state index in [1.54, 1.807) is 6.92 Å². The summed E-state index contributed by atoms with van der Waals surface area (Å²) < 4.78 is 5.71. The third-order valence-electron chi connectivity index (χ3n) is 7.89. The molecule has 0 aromatic heterocycles. The van der Waals surface area contributed by atoms with Crippen molar-refractivity contribution in [2.45, 2.75) is 63.3 Å². The molecule has 0 aromatic rings. The van der Waals surface area contributed by atoms with Gasteiger partial charge in [-0.25, -0.2) is 4.79 Å². The summed E-state index contributed by atoms with van der Waals surface area (Å²) in [7, 11) is 3.89. The van der Waals surface area contributed by atoms with Crippen molar-refractivity contribution in [3.05, 3.63) is 10.6 Å². The van der Waals surface area contributed by atoms with Crippen LogP contribution in [-0.2, 0) is 19.1 Å². The Morgan fingerprint density at radius 1 is 1.31 bits per heavy atom. The molecule has 4 heterocycles. The third kappa shape index (κ3) is 4.98. The number of fused-ring (bicyclic) bond motifs is 1. The monoisotopic (exact) mass is 510 g/mol. The summed E-state index contributed by atoms with van der Waals surface area (Å²) in [5.74, 6) is -1.80. The molecule has 10 nitrogen and oxygen atoms in total. The number of aliphatic hydroxyl groups excluding tert-OH is 1. The molecule has 11 heteroatoms. The second kappa shape index (κ2) is 10.4. The molecule has 3 fully saturated rings. The summed E-state index contributed by atoms with van der Waals surface area (Å²) in [6, 6.07) is -0.131. The lowest BCUT2D eigenvalue weighted by molar-refractivity contribution is -0.163. The van der Waals surface area contributed by atoms with E-state index in [2.05, 4.69) is 12.2 Å². The summed E-state index contributed by atoms with van der Waals surface area (Å²) in [4.78, 5) is 43.5. The Bertz CT molecular complexity index is 895. The van der Waals surface area contributed by atoms with Crippen molar-refractivity contribution in [2.24, 2.45) is 17.8 Å². The lowest BCUT2D eigenvalue weighted by atomic mass is 9.79. The van der Waals surface area contributed by atoms with Gasteiger partial charge in [0, 0.05) is 41.6 Å². The zero-order valence-electron chi connectivity index (χ0n) is 21.1. The van der Waals surface area contributed by atoms with Gasteiger partial charge in [0.05, 0.1) is 31.2 Å². The van der Waals surface area contributed by atoms with Crippen molar-refractivity contribution in [3.8, 4) is 0 Å². The smallest absolute Gasteiger partial charge is 0.353 e. The summed E-state index contributed by atoms with van der Waals surface area (Å²) in [5.41, 5.74) is 0.0730. The lowest BCUT2D eigenvalue weighted by Gasteiger charge is -2.46. The number of amides is 2. The van der Waals surface area contributed by atoms with Gasteiger partial charge in [-0.1, -0.05) is 13.8 Å². The number of β-lactam (4-membered cyclic amide) rings is 1. The number of thioether (sulfide) groups is 1. The number of nitrogens with one attached hydrogen (secondary N) is 1. The van der Waals surface area contributed by atoms with Gasteiger partial charge in [-0.2, -0.15) is 0 Å². The van der Waals surface area contributed by atoms with E-state index in [4.69, 9.17) is 4.74 Å². The predicted octanol–water partition coefficient (Wildman–Crippen LogP) is 0.377. The zero-order valence-corrected chi connectivity index (χ0v) is 22.0. The second-order valence-electron chi connectivity index (χ2n) is 10.6. The topological polar surface area (TPSA) is 123 Å². The number of aliphatic carboxylic acids is 1. The van der Waals surface area contributed by atoms with Crippen molar-refractivity contribution in [1.82, 2.24) is 20.0 Å². The van der Waals surface area contributed by atoms with E-state index in [-0.39, 0.29) is 52.9 Å². The van der Waals surface area contributed by atoms with E-state index in [0.29, 0.717) is 26.1 Å². The van der Waals surface area contributed by atoms with Gasteiger partial charge < -0.3 is 30.1 Å². The molecule has 196 valence electrons. The van der Waals surface area contributed by atoms with E-state index in [9.17, 15) is 24.6 Å². The first-order chi connectivity index (χ1) is 16.5. The predicted molar refractivity (Wildman–Crippen MR) is 131 cm³/mol. The lowest BCUT2D eigenvalue weighted by Crippen LogP contribution is -2.63. The molecule has 3 saturated heterocycles. The van der Waals surface area contributed by atoms with Crippen molar-refractivity contribution in [3.63, 3.8) is 0 Å². The summed E-state index contributed by atoms with van der Waals surface area (Å²) in [5, 5.41) is 23.6. The van der Waals surface area contributed by atoms with Gasteiger partial charge in [0.2, 0.25) is 11.8 Å². The average molecular weight is 511 g/mol. The van der Waals surface area contributed by atoms with Gasteiger partial charge >= 0.3 is 5.97 Å². The fraction of sp³-hybridized carbons (Fsp3) is 0.792. The van der Waals surface area contributed by atoms with Crippen LogP contribution in [0.5, 0.6) is 0 Å². The molecule has 3 N–H and O–H groups in total. The van der Waals surface area contributed by atoms with Crippen LogP contribution in [0, 0.1) is 17.8 Å². The Balaban J connectivity index is 1.35. The molecule has 2 amide bonds. The molecule has 4 aliphatic heterocycles. The Labute approximate surface area is 211 Å².